The van der Waals surface area contributed by atoms with Crippen molar-refractivity contribution in [1.82, 2.24) is 10.2 Å². The van der Waals surface area contributed by atoms with Crippen LogP contribution in [0.5, 0.6) is 0 Å². The van der Waals surface area contributed by atoms with Gasteiger partial charge in [-0.25, -0.2) is 4.79 Å². The fourth-order valence-corrected chi connectivity index (χ4v) is 1.93. The van der Waals surface area contributed by atoms with Gasteiger partial charge in [-0.2, -0.15) is 0 Å². The van der Waals surface area contributed by atoms with Gasteiger partial charge in [-0.1, -0.05) is 20.8 Å². The summed E-state index contributed by atoms with van der Waals surface area (Å²) in [4.78, 5) is 13.4. The van der Waals surface area contributed by atoms with Gasteiger partial charge in [0.05, 0.1) is 5.54 Å². The molecular weight excluding hydrogens is 164 g/mol. The molecule has 13 heavy (non-hydrogen) atoms. The molecule has 1 aliphatic heterocycles. The first-order valence-corrected chi connectivity index (χ1v) is 5.12. The summed E-state index contributed by atoms with van der Waals surface area (Å²) in [6.45, 7) is 10.2. The van der Waals surface area contributed by atoms with Gasteiger partial charge in [0.2, 0.25) is 0 Å². The number of nitrogens with one attached hydrogen (secondary N) is 1. The van der Waals surface area contributed by atoms with Crippen LogP contribution in [0.25, 0.3) is 0 Å². The molecule has 0 bridgehead atoms. The Morgan fingerprint density at radius 2 is 2.15 bits per heavy atom. The van der Waals surface area contributed by atoms with Crippen LogP contribution in [0.3, 0.4) is 0 Å². The molecule has 1 saturated heterocycles. The van der Waals surface area contributed by atoms with Crippen molar-refractivity contribution in [2.75, 3.05) is 13.1 Å². The van der Waals surface area contributed by atoms with Crippen LogP contribution in [-0.4, -0.2) is 29.6 Å². The van der Waals surface area contributed by atoms with E-state index in [1.165, 1.54) is 0 Å². The number of nitrogens with zero attached hydrogens (tertiary/aromatic N) is 1. The van der Waals surface area contributed by atoms with Gasteiger partial charge in [0.15, 0.2) is 0 Å². The fourth-order valence-electron chi connectivity index (χ4n) is 1.93. The molecular formula is C10H20N2O. The highest BCUT2D eigenvalue weighted by atomic mass is 16.2. The fraction of sp³-hybridized carbons (Fsp3) is 0.900. The number of carbonyl (C=O) groups is 1. The van der Waals surface area contributed by atoms with Gasteiger partial charge in [0, 0.05) is 13.1 Å². The van der Waals surface area contributed by atoms with Gasteiger partial charge < -0.3 is 10.2 Å². The van der Waals surface area contributed by atoms with E-state index in [1.54, 1.807) is 0 Å². The van der Waals surface area contributed by atoms with Gasteiger partial charge >= 0.3 is 6.03 Å². The second kappa shape index (κ2) is 3.56. The maximum atomic E-state index is 11.5. The number of hydrogen-bond donors (Lipinski definition) is 1. The maximum Gasteiger partial charge on any atom is 0.317 e. The van der Waals surface area contributed by atoms with Crippen molar-refractivity contribution in [3.8, 4) is 0 Å². The van der Waals surface area contributed by atoms with Gasteiger partial charge in [-0.05, 0) is 19.3 Å². The van der Waals surface area contributed by atoms with E-state index in [0.29, 0.717) is 5.92 Å². The molecule has 0 aromatic carbocycles. The van der Waals surface area contributed by atoms with E-state index < -0.39 is 0 Å². The lowest BCUT2D eigenvalue weighted by atomic mass is 9.85. The average Bonchev–Trinajstić information content (AvgIpc) is 2.43. The number of urea groups is 1. The minimum atomic E-state index is 0.00704. The normalized spacial score (nSPS) is 28.4. The first kappa shape index (κ1) is 10.4. The summed E-state index contributed by atoms with van der Waals surface area (Å²) in [6.07, 6.45) is 1.01. The summed E-state index contributed by atoms with van der Waals surface area (Å²) in [5.41, 5.74) is 0.00704. The summed E-state index contributed by atoms with van der Waals surface area (Å²) in [6, 6.07) is 0.0954. The molecule has 0 saturated carbocycles. The van der Waals surface area contributed by atoms with E-state index in [4.69, 9.17) is 0 Å². The first-order valence-electron chi connectivity index (χ1n) is 5.12. The molecule has 0 spiro atoms. The van der Waals surface area contributed by atoms with Crippen molar-refractivity contribution >= 4 is 6.03 Å². The van der Waals surface area contributed by atoms with Gasteiger partial charge in [0.25, 0.3) is 0 Å². The lowest BCUT2D eigenvalue weighted by Gasteiger charge is -2.31. The molecule has 3 nitrogen and oxygen atoms in total. The maximum absolute atomic E-state index is 11.5. The van der Waals surface area contributed by atoms with Crippen molar-refractivity contribution in [3.63, 3.8) is 0 Å². The van der Waals surface area contributed by atoms with Crippen molar-refractivity contribution in [2.24, 2.45) is 5.92 Å². The van der Waals surface area contributed by atoms with Crippen LogP contribution in [-0.2, 0) is 0 Å². The van der Waals surface area contributed by atoms with E-state index in [1.807, 2.05) is 11.8 Å². The predicted octanol–water partition coefficient (Wildman–Crippen LogP) is 1.84. The van der Waals surface area contributed by atoms with Crippen molar-refractivity contribution in [3.05, 3.63) is 0 Å². The molecule has 1 rings (SSSR count). The first-order chi connectivity index (χ1) is 6.05. The van der Waals surface area contributed by atoms with E-state index in [-0.39, 0.29) is 11.6 Å². The van der Waals surface area contributed by atoms with Crippen LogP contribution in [0.15, 0.2) is 0 Å². The van der Waals surface area contributed by atoms with Gasteiger partial charge in [-0.3, -0.25) is 0 Å². The van der Waals surface area contributed by atoms with Crippen molar-refractivity contribution in [1.29, 1.82) is 0 Å². The Morgan fingerprint density at radius 3 is 2.38 bits per heavy atom. The third kappa shape index (κ3) is 1.64. The molecule has 0 radical (unpaired) electrons. The topological polar surface area (TPSA) is 32.3 Å². The molecule has 0 aromatic heterocycles. The Bertz CT molecular complexity index is 203. The third-order valence-corrected chi connectivity index (χ3v) is 3.23. The average molecular weight is 184 g/mol. The minimum absolute atomic E-state index is 0.00704. The molecule has 0 aromatic rings. The monoisotopic (exact) mass is 184 g/mol. The summed E-state index contributed by atoms with van der Waals surface area (Å²) >= 11 is 0. The Hall–Kier alpha value is -0.730. The van der Waals surface area contributed by atoms with E-state index in [9.17, 15) is 4.79 Å². The molecule has 1 N–H and O–H groups in total. The third-order valence-electron chi connectivity index (χ3n) is 3.23. The number of carbonyl (C=O) groups excluding carboxylic acids is 1. The minimum Gasteiger partial charge on any atom is -0.331 e. The lowest BCUT2D eigenvalue weighted by molar-refractivity contribution is 0.219. The summed E-state index contributed by atoms with van der Waals surface area (Å²) in [7, 11) is 0. The van der Waals surface area contributed by atoms with E-state index in [2.05, 4.69) is 26.1 Å². The zero-order valence-corrected chi connectivity index (χ0v) is 9.05. The van der Waals surface area contributed by atoms with Gasteiger partial charge in [0.1, 0.15) is 0 Å². The zero-order chi connectivity index (χ0) is 10.1. The Balaban J connectivity index is 2.77. The number of amides is 2. The molecule has 1 fully saturated rings. The largest absolute Gasteiger partial charge is 0.331 e. The second-order valence-electron chi connectivity index (χ2n) is 4.11. The Labute approximate surface area is 80.5 Å². The van der Waals surface area contributed by atoms with Gasteiger partial charge in [-0.15, -0.1) is 0 Å². The highest BCUT2D eigenvalue weighted by Crippen LogP contribution is 2.27. The standard InChI is InChI=1S/C10H20N2O/c1-5-10(8(3)4)7-12(6-2)9(13)11-10/h8H,5-7H2,1-4H3,(H,11,13). The molecule has 3 heteroatoms. The molecule has 1 aliphatic rings. The Morgan fingerprint density at radius 1 is 1.54 bits per heavy atom. The van der Waals surface area contributed by atoms with Crippen LogP contribution in [0, 0.1) is 5.92 Å². The number of rotatable bonds is 3. The summed E-state index contributed by atoms with van der Waals surface area (Å²) < 4.78 is 0. The van der Waals surface area contributed by atoms with Crippen LogP contribution in [0.1, 0.15) is 34.1 Å². The molecule has 0 aliphatic carbocycles. The van der Waals surface area contributed by atoms with E-state index in [0.717, 1.165) is 19.5 Å². The molecule has 76 valence electrons. The smallest absolute Gasteiger partial charge is 0.317 e. The molecule has 2 amide bonds. The number of hydrogen-bond acceptors (Lipinski definition) is 1. The molecule has 1 unspecified atom stereocenters. The molecule has 1 atom stereocenters. The van der Waals surface area contributed by atoms with E-state index >= 15 is 0 Å². The van der Waals surface area contributed by atoms with Crippen LogP contribution < -0.4 is 5.32 Å². The summed E-state index contributed by atoms with van der Waals surface area (Å²) in [5, 5.41) is 3.10. The van der Waals surface area contributed by atoms with Crippen molar-refractivity contribution in [2.45, 2.75) is 39.7 Å². The highest BCUT2D eigenvalue weighted by molar-refractivity contribution is 5.77. The second-order valence-corrected chi connectivity index (χ2v) is 4.11. The lowest BCUT2D eigenvalue weighted by Crippen LogP contribution is -2.47. The number of likely N-dealkylation sites (N-methyl/N-ethyl adjacent to an activating group) is 1. The van der Waals surface area contributed by atoms with Crippen molar-refractivity contribution < 1.29 is 4.79 Å². The summed E-state index contributed by atoms with van der Waals surface area (Å²) in [5.74, 6) is 0.498. The molecule has 1 heterocycles. The highest BCUT2D eigenvalue weighted by Gasteiger charge is 2.42. The Kier molecular flexibility index (Phi) is 2.84. The predicted molar refractivity (Wildman–Crippen MR) is 53.6 cm³/mol. The SMILES string of the molecule is CCN1CC(CC)(C(C)C)NC1=O. The quantitative estimate of drug-likeness (QED) is 0.713. The van der Waals surface area contributed by atoms with Crippen LogP contribution in [0.4, 0.5) is 4.79 Å². The van der Waals surface area contributed by atoms with Crippen LogP contribution in [0.2, 0.25) is 0 Å². The zero-order valence-electron chi connectivity index (χ0n) is 9.05. The van der Waals surface area contributed by atoms with Crippen LogP contribution >= 0.6 is 0 Å².